The lowest BCUT2D eigenvalue weighted by Crippen LogP contribution is -1.95. The highest BCUT2D eigenvalue weighted by molar-refractivity contribution is 5.75. The van der Waals surface area contributed by atoms with Gasteiger partial charge in [-0.15, -0.1) is 0 Å². The van der Waals surface area contributed by atoms with Crippen LogP contribution in [0, 0.1) is 18.6 Å². The molecule has 0 saturated carbocycles. The van der Waals surface area contributed by atoms with Crippen LogP contribution in [0.15, 0.2) is 55.1 Å². The summed E-state index contributed by atoms with van der Waals surface area (Å²) in [6.45, 7) is 7.49. The van der Waals surface area contributed by atoms with Crippen LogP contribution in [0.2, 0.25) is 0 Å². The lowest BCUT2D eigenvalue weighted by Gasteiger charge is -2.09. The highest BCUT2D eigenvalue weighted by Crippen LogP contribution is 2.29. The van der Waals surface area contributed by atoms with Crippen LogP contribution in [-0.4, -0.2) is 0 Å². The van der Waals surface area contributed by atoms with Gasteiger partial charge in [-0.05, 0) is 25.0 Å². The minimum Gasteiger partial charge on any atom is -0.203 e. The van der Waals surface area contributed by atoms with E-state index in [1.807, 2.05) is 19.1 Å². The monoisotopic (exact) mass is 270 g/mol. The normalized spacial score (nSPS) is 11.0. The van der Waals surface area contributed by atoms with Gasteiger partial charge in [0.25, 0.3) is 0 Å². The second-order valence-corrected chi connectivity index (χ2v) is 4.68. The predicted molar refractivity (Wildman–Crippen MR) is 80.4 cm³/mol. The number of aryl methyl sites for hydroxylation is 1. The van der Waals surface area contributed by atoms with E-state index < -0.39 is 11.6 Å². The number of halogens is 2. The van der Waals surface area contributed by atoms with Crippen LogP contribution in [-0.2, 0) is 0 Å². The van der Waals surface area contributed by atoms with E-state index in [-0.39, 0.29) is 11.1 Å². The Hall–Kier alpha value is -2.22. The summed E-state index contributed by atoms with van der Waals surface area (Å²) in [7, 11) is 0. The summed E-state index contributed by atoms with van der Waals surface area (Å²) in [6, 6.07) is 10.5. The molecule has 2 rings (SSSR count). The van der Waals surface area contributed by atoms with Crippen molar-refractivity contribution in [1.82, 2.24) is 0 Å². The summed E-state index contributed by atoms with van der Waals surface area (Å²) in [5.74, 6) is -1.69. The molecule has 0 nitrogen and oxygen atoms in total. The highest BCUT2D eigenvalue weighted by atomic mass is 19.2. The quantitative estimate of drug-likeness (QED) is 0.643. The minimum absolute atomic E-state index is 0.191. The molecule has 0 aliphatic heterocycles. The number of hydrogen-bond acceptors (Lipinski definition) is 0. The fourth-order valence-corrected chi connectivity index (χ4v) is 2.04. The van der Waals surface area contributed by atoms with E-state index in [0.717, 1.165) is 5.56 Å². The molecule has 0 atom stereocenters. The van der Waals surface area contributed by atoms with E-state index in [1.165, 1.54) is 0 Å². The number of allylic oxidation sites excluding steroid dienone is 3. The van der Waals surface area contributed by atoms with E-state index in [4.69, 9.17) is 0 Å². The topological polar surface area (TPSA) is 0 Å². The van der Waals surface area contributed by atoms with Gasteiger partial charge in [0.15, 0.2) is 11.6 Å². The van der Waals surface area contributed by atoms with Crippen molar-refractivity contribution in [1.29, 1.82) is 0 Å². The maximum atomic E-state index is 14.2. The van der Waals surface area contributed by atoms with Crippen LogP contribution in [0.1, 0.15) is 18.1 Å². The molecule has 0 heterocycles. The standard InChI is InChI=1S/C18H16F2/c1-4-5-13(3)15-10-11-16(18(20)17(15)19)14-8-6-12(2)7-9-14/h4-11H,3H2,1-2H3. The van der Waals surface area contributed by atoms with Crippen molar-refractivity contribution in [2.24, 2.45) is 0 Å². The average molecular weight is 270 g/mol. The van der Waals surface area contributed by atoms with Gasteiger partial charge in [-0.3, -0.25) is 0 Å². The van der Waals surface area contributed by atoms with Crippen molar-refractivity contribution in [3.05, 3.63) is 77.9 Å². The van der Waals surface area contributed by atoms with Gasteiger partial charge in [-0.1, -0.05) is 60.7 Å². The molecule has 0 bridgehead atoms. The third kappa shape index (κ3) is 2.69. The molecule has 0 aliphatic rings. The second kappa shape index (κ2) is 5.83. The van der Waals surface area contributed by atoms with E-state index in [1.54, 1.807) is 43.3 Å². The van der Waals surface area contributed by atoms with Gasteiger partial charge >= 0.3 is 0 Å². The minimum atomic E-state index is -0.855. The Kier molecular flexibility index (Phi) is 4.14. The number of rotatable bonds is 3. The molecule has 102 valence electrons. The Labute approximate surface area is 118 Å². The fourth-order valence-electron chi connectivity index (χ4n) is 2.04. The van der Waals surface area contributed by atoms with Gasteiger partial charge in [0.05, 0.1) is 0 Å². The molecule has 0 aliphatic carbocycles. The predicted octanol–water partition coefficient (Wildman–Crippen LogP) is 5.53. The molecule has 0 amide bonds. The Morgan fingerprint density at radius 3 is 2.25 bits per heavy atom. The van der Waals surface area contributed by atoms with Crippen molar-refractivity contribution in [2.45, 2.75) is 13.8 Å². The maximum Gasteiger partial charge on any atom is 0.167 e. The summed E-state index contributed by atoms with van der Waals surface area (Å²) in [5, 5.41) is 0. The van der Waals surface area contributed by atoms with Gasteiger partial charge in [-0.2, -0.15) is 0 Å². The molecule has 0 fully saturated rings. The van der Waals surface area contributed by atoms with Crippen LogP contribution in [0.4, 0.5) is 8.78 Å². The molecule has 0 saturated heterocycles. The van der Waals surface area contributed by atoms with Crippen molar-refractivity contribution < 1.29 is 8.78 Å². The molecular weight excluding hydrogens is 254 g/mol. The zero-order valence-corrected chi connectivity index (χ0v) is 11.6. The maximum absolute atomic E-state index is 14.2. The Morgan fingerprint density at radius 1 is 1.00 bits per heavy atom. The third-order valence-electron chi connectivity index (χ3n) is 3.16. The Balaban J connectivity index is 2.51. The molecule has 0 unspecified atom stereocenters. The molecule has 0 aromatic heterocycles. The van der Waals surface area contributed by atoms with Crippen LogP contribution in [0.3, 0.4) is 0 Å². The average Bonchev–Trinajstić information content (AvgIpc) is 2.43. The summed E-state index contributed by atoms with van der Waals surface area (Å²) < 4.78 is 28.3. The Bertz CT molecular complexity index is 665. The van der Waals surface area contributed by atoms with E-state index >= 15 is 0 Å². The smallest absolute Gasteiger partial charge is 0.167 e. The summed E-state index contributed by atoms with van der Waals surface area (Å²) >= 11 is 0. The molecule has 0 spiro atoms. The zero-order chi connectivity index (χ0) is 14.7. The number of hydrogen-bond donors (Lipinski definition) is 0. The van der Waals surface area contributed by atoms with Crippen LogP contribution in [0.5, 0.6) is 0 Å². The van der Waals surface area contributed by atoms with Gasteiger partial charge in [-0.25, -0.2) is 8.78 Å². The molecule has 0 N–H and O–H groups in total. The molecule has 2 heteroatoms. The third-order valence-corrected chi connectivity index (χ3v) is 3.16. The van der Waals surface area contributed by atoms with Gasteiger partial charge in [0.2, 0.25) is 0 Å². The molecule has 20 heavy (non-hydrogen) atoms. The molecule has 0 radical (unpaired) electrons. The second-order valence-electron chi connectivity index (χ2n) is 4.68. The number of benzene rings is 2. The van der Waals surface area contributed by atoms with Crippen molar-refractivity contribution in [2.75, 3.05) is 0 Å². The summed E-state index contributed by atoms with van der Waals surface area (Å²) in [6.07, 6.45) is 3.40. The largest absolute Gasteiger partial charge is 0.203 e. The SMILES string of the molecule is C=C(C=CC)c1ccc(-c2ccc(C)cc2)c(F)c1F. The van der Waals surface area contributed by atoms with Crippen LogP contribution in [0.25, 0.3) is 16.7 Å². The zero-order valence-electron chi connectivity index (χ0n) is 11.6. The molecule has 2 aromatic rings. The van der Waals surface area contributed by atoms with Crippen molar-refractivity contribution >= 4 is 5.57 Å². The van der Waals surface area contributed by atoms with Gasteiger partial charge < -0.3 is 0 Å². The van der Waals surface area contributed by atoms with E-state index in [2.05, 4.69) is 6.58 Å². The first-order valence-electron chi connectivity index (χ1n) is 6.41. The van der Waals surface area contributed by atoms with Crippen LogP contribution < -0.4 is 0 Å². The van der Waals surface area contributed by atoms with Gasteiger partial charge in [0, 0.05) is 11.1 Å². The first kappa shape index (κ1) is 14.2. The fraction of sp³-hybridized carbons (Fsp3) is 0.111. The lowest BCUT2D eigenvalue weighted by atomic mass is 9.98. The molecular formula is C18H16F2. The highest BCUT2D eigenvalue weighted by Gasteiger charge is 2.15. The summed E-state index contributed by atoms with van der Waals surface area (Å²) in [4.78, 5) is 0. The summed E-state index contributed by atoms with van der Waals surface area (Å²) in [5.41, 5.74) is 2.65. The van der Waals surface area contributed by atoms with Crippen molar-refractivity contribution in [3.8, 4) is 11.1 Å². The van der Waals surface area contributed by atoms with Crippen LogP contribution >= 0.6 is 0 Å². The van der Waals surface area contributed by atoms with Crippen molar-refractivity contribution in [3.63, 3.8) is 0 Å². The lowest BCUT2D eigenvalue weighted by molar-refractivity contribution is 0.509. The van der Waals surface area contributed by atoms with Gasteiger partial charge in [0.1, 0.15) is 0 Å². The van der Waals surface area contributed by atoms with E-state index in [9.17, 15) is 8.78 Å². The first-order chi connectivity index (χ1) is 9.54. The van der Waals surface area contributed by atoms with E-state index in [0.29, 0.717) is 11.1 Å². The molecule has 2 aromatic carbocycles. The Morgan fingerprint density at radius 2 is 1.65 bits per heavy atom. The first-order valence-corrected chi connectivity index (χ1v) is 6.41.